The van der Waals surface area contributed by atoms with Crippen molar-refractivity contribution >= 4 is 20.6 Å². The van der Waals surface area contributed by atoms with Crippen LogP contribution in [0.2, 0.25) is 0 Å². The van der Waals surface area contributed by atoms with Crippen molar-refractivity contribution in [3.63, 3.8) is 0 Å². The minimum Gasteiger partial charge on any atom is -0.387 e. The lowest BCUT2D eigenvalue weighted by molar-refractivity contribution is 0.177. The summed E-state index contributed by atoms with van der Waals surface area (Å²) in [5.74, 6) is 0. The van der Waals surface area contributed by atoms with Crippen LogP contribution in [0.4, 0.5) is 0 Å². The van der Waals surface area contributed by atoms with Crippen LogP contribution in [-0.4, -0.2) is 25.0 Å². The standard InChI is InChI=1S/C14H16O3S/c1-10(18(2,16)17)14(15)13-9-5-7-11-6-3-4-8-12(11)13/h3-10,14-15H,1-2H3. The Balaban J connectivity index is 2.55. The highest BCUT2D eigenvalue weighted by molar-refractivity contribution is 7.91. The minimum atomic E-state index is -3.27. The Kier molecular flexibility index (Phi) is 3.41. The molecule has 0 radical (unpaired) electrons. The summed E-state index contributed by atoms with van der Waals surface area (Å²) in [5, 5.41) is 11.3. The number of rotatable bonds is 3. The van der Waals surface area contributed by atoms with Crippen molar-refractivity contribution in [3.8, 4) is 0 Å². The monoisotopic (exact) mass is 264 g/mol. The van der Waals surface area contributed by atoms with Crippen LogP contribution in [0, 0.1) is 0 Å². The van der Waals surface area contributed by atoms with Gasteiger partial charge >= 0.3 is 0 Å². The number of aliphatic hydroxyl groups is 1. The maximum absolute atomic E-state index is 11.5. The zero-order valence-corrected chi connectivity index (χ0v) is 11.2. The third-order valence-corrected chi connectivity index (χ3v) is 4.87. The van der Waals surface area contributed by atoms with E-state index in [1.807, 2.05) is 36.4 Å². The van der Waals surface area contributed by atoms with Crippen molar-refractivity contribution in [1.29, 1.82) is 0 Å². The molecule has 0 aliphatic heterocycles. The molecule has 0 heterocycles. The molecule has 0 aliphatic rings. The molecule has 0 saturated carbocycles. The average molecular weight is 264 g/mol. The molecule has 0 aliphatic carbocycles. The fourth-order valence-corrected chi connectivity index (χ4v) is 2.61. The molecule has 0 bridgehead atoms. The number of aliphatic hydroxyl groups excluding tert-OH is 1. The van der Waals surface area contributed by atoms with Crippen LogP contribution < -0.4 is 0 Å². The van der Waals surface area contributed by atoms with E-state index in [4.69, 9.17) is 0 Å². The fourth-order valence-electron chi connectivity index (χ4n) is 2.00. The van der Waals surface area contributed by atoms with Crippen LogP contribution in [0.15, 0.2) is 42.5 Å². The molecule has 3 nitrogen and oxygen atoms in total. The highest BCUT2D eigenvalue weighted by Crippen LogP contribution is 2.28. The van der Waals surface area contributed by atoms with Crippen LogP contribution in [0.1, 0.15) is 18.6 Å². The SMILES string of the molecule is CC(C(O)c1cccc2ccccc12)S(C)(=O)=O. The van der Waals surface area contributed by atoms with Gasteiger partial charge in [-0.15, -0.1) is 0 Å². The Labute approximate surface area is 107 Å². The summed E-state index contributed by atoms with van der Waals surface area (Å²) in [6.07, 6.45) is 0.137. The molecule has 2 rings (SSSR count). The van der Waals surface area contributed by atoms with Gasteiger partial charge in [-0.1, -0.05) is 42.5 Å². The molecule has 0 fully saturated rings. The molecule has 2 aromatic rings. The first-order valence-corrected chi connectivity index (χ1v) is 7.71. The lowest BCUT2D eigenvalue weighted by atomic mass is 9.99. The highest BCUT2D eigenvalue weighted by Gasteiger charge is 2.26. The van der Waals surface area contributed by atoms with E-state index in [1.54, 1.807) is 6.07 Å². The molecular weight excluding hydrogens is 248 g/mol. The molecule has 2 unspecified atom stereocenters. The van der Waals surface area contributed by atoms with Gasteiger partial charge in [0.05, 0.1) is 11.4 Å². The predicted molar refractivity (Wildman–Crippen MR) is 73.2 cm³/mol. The third-order valence-electron chi connectivity index (χ3n) is 3.26. The largest absolute Gasteiger partial charge is 0.387 e. The molecule has 0 saturated heterocycles. The zero-order valence-electron chi connectivity index (χ0n) is 10.4. The number of benzene rings is 2. The van der Waals surface area contributed by atoms with Crippen molar-refractivity contribution in [2.75, 3.05) is 6.26 Å². The first kappa shape index (κ1) is 13.1. The van der Waals surface area contributed by atoms with Gasteiger partial charge in [-0.3, -0.25) is 0 Å². The molecule has 2 aromatic carbocycles. The molecular formula is C14H16O3S. The van der Waals surface area contributed by atoms with Crippen LogP contribution in [0.25, 0.3) is 10.8 Å². The average Bonchev–Trinajstić information content (AvgIpc) is 2.35. The Bertz CT molecular complexity index is 656. The summed E-state index contributed by atoms with van der Waals surface area (Å²) in [6, 6.07) is 13.2. The van der Waals surface area contributed by atoms with Crippen molar-refractivity contribution in [2.24, 2.45) is 0 Å². The molecule has 2 atom stereocenters. The summed E-state index contributed by atoms with van der Waals surface area (Å²) in [6.45, 7) is 1.53. The van der Waals surface area contributed by atoms with Crippen LogP contribution in [0.3, 0.4) is 0 Å². The van der Waals surface area contributed by atoms with Gasteiger partial charge in [-0.25, -0.2) is 8.42 Å². The lowest BCUT2D eigenvalue weighted by Crippen LogP contribution is -2.24. The van der Waals surface area contributed by atoms with Gasteiger partial charge in [0.25, 0.3) is 0 Å². The van der Waals surface area contributed by atoms with Crippen molar-refractivity contribution < 1.29 is 13.5 Å². The summed E-state index contributed by atoms with van der Waals surface area (Å²) in [7, 11) is -3.27. The maximum atomic E-state index is 11.5. The minimum absolute atomic E-state index is 0.658. The smallest absolute Gasteiger partial charge is 0.152 e. The van der Waals surface area contributed by atoms with Crippen molar-refractivity contribution in [2.45, 2.75) is 18.3 Å². The van der Waals surface area contributed by atoms with E-state index in [-0.39, 0.29) is 0 Å². The molecule has 0 amide bonds. The van der Waals surface area contributed by atoms with Crippen LogP contribution in [0.5, 0.6) is 0 Å². The molecule has 0 aromatic heterocycles. The predicted octanol–water partition coefficient (Wildman–Crippen LogP) is 2.31. The van der Waals surface area contributed by atoms with Gasteiger partial charge < -0.3 is 5.11 Å². The normalized spacial score (nSPS) is 15.5. The van der Waals surface area contributed by atoms with Crippen LogP contribution >= 0.6 is 0 Å². The Morgan fingerprint density at radius 3 is 2.33 bits per heavy atom. The van der Waals surface area contributed by atoms with Crippen LogP contribution in [-0.2, 0) is 9.84 Å². The van der Waals surface area contributed by atoms with Gasteiger partial charge in [0.15, 0.2) is 9.84 Å². The molecule has 18 heavy (non-hydrogen) atoms. The number of sulfone groups is 1. The van der Waals surface area contributed by atoms with Gasteiger partial charge in [-0.05, 0) is 23.3 Å². The van der Waals surface area contributed by atoms with E-state index in [2.05, 4.69) is 0 Å². The second kappa shape index (κ2) is 4.71. The third kappa shape index (κ3) is 2.40. The molecule has 96 valence electrons. The van der Waals surface area contributed by atoms with E-state index in [0.29, 0.717) is 5.56 Å². The van der Waals surface area contributed by atoms with E-state index in [9.17, 15) is 13.5 Å². The lowest BCUT2D eigenvalue weighted by Gasteiger charge is -2.19. The molecule has 0 spiro atoms. The van der Waals surface area contributed by atoms with E-state index in [0.717, 1.165) is 17.0 Å². The highest BCUT2D eigenvalue weighted by atomic mass is 32.2. The van der Waals surface area contributed by atoms with E-state index in [1.165, 1.54) is 6.92 Å². The fraction of sp³-hybridized carbons (Fsp3) is 0.286. The topological polar surface area (TPSA) is 54.4 Å². The second-order valence-electron chi connectivity index (χ2n) is 4.55. The Morgan fingerprint density at radius 2 is 1.67 bits per heavy atom. The maximum Gasteiger partial charge on any atom is 0.152 e. The second-order valence-corrected chi connectivity index (χ2v) is 6.95. The van der Waals surface area contributed by atoms with Gasteiger partial charge in [0.2, 0.25) is 0 Å². The Morgan fingerprint density at radius 1 is 1.06 bits per heavy atom. The van der Waals surface area contributed by atoms with Gasteiger partial charge in [-0.2, -0.15) is 0 Å². The zero-order chi connectivity index (χ0) is 13.3. The van der Waals surface area contributed by atoms with Gasteiger partial charge in [0, 0.05) is 6.26 Å². The van der Waals surface area contributed by atoms with Crippen molar-refractivity contribution in [3.05, 3.63) is 48.0 Å². The molecule has 4 heteroatoms. The summed E-state index contributed by atoms with van der Waals surface area (Å²) >= 11 is 0. The first-order chi connectivity index (χ1) is 8.41. The quantitative estimate of drug-likeness (QED) is 0.925. The Hall–Kier alpha value is -1.39. The summed E-state index contributed by atoms with van der Waals surface area (Å²) in [5.41, 5.74) is 0.658. The number of hydrogen-bond donors (Lipinski definition) is 1. The van der Waals surface area contributed by atoms with Crippen molar-refractivity contribution in [1.82, 2.24) is 0 Å². The van der Waals surface area contributed by atoms with Gasteiger partial charge in [0.1, 0.15) is 0 Å². The van der Waals surface area contributed by atoms with E-state index < -0.39 is 21.2 Å². The number of fused-ring (bicyclic) bond motifs is 1. The number of hydrogen-bond acceptors (Lipinski definition) is 3. The van der Waals surface area contributed by atoms with E-state index >= 15 is 0 Å². The first-order valence-electron chi connectivity index (χ1n) is 5.76. The molecule has 1 N–H and O–H groups in total. The summed E-state index contributed by atoms with van der Waals surface area (Å²) in [4.78, 5) is 0. The summed E-state index contributed by atoms with van der Waals surface area (Å²) < 4.78 is 23.0.